The molecule has 3 N–H and O–H groups in total. The van der Waals surface area contributed by atoms with E-state index in [9.17, 15) is 9.59 Å². The number of aliphatic hydroxyl groups is 1. The number of nitrogens with zero attached hydrogens (tertiary/aromatic N) is 1. The summed E-state index contributed by atoms with van der Waals surface area (Å²) >= 11 is 5.75. The van der Waals surface area contributed by atoms with Gasteiger partial charge in [0.05, 0.1) is 17.9 Å². The van der Waals surface area contributed by atoms with Gasteiger partial charge in [0.1, 0.15) is 0 Å². The van der Waals surface area contributed by atoms with Crippen LogP contribution in [0.1, 0.15) is 10.4 Å². The molecule has 2 amide bonds. The molecule has 0 unspecified atom stereocenters. The van der Waals surface area contributed by atoms with Crippen molar-refractivity contribution in [3.63, 3.8) is 0 Å². The summed E-state index contributed by atoms with van der Waals surface area (Å²) in [5.74, 6) is -1.16. The van der Waals surface area contributed by atoms with E-state index in [1.54, 1.807) is 0 Å². The second-order valence-corrected chi connectivity index (χ2v) is 4.01. The summed E-state index contributed by atoms with van der Waals surface area (Å²) < 4.78 is 0. The molecule has 0 saturated carbocycles. The number of nitrogens with one attached hydrogen (secondary N) is 1. The molecule has 1 aromatic carbocycles. The van der Waals surface area contributed by atoms with Gasteiger partial charge in [-0.3, -0.25) is 0 Å². The third-order valence-corrected chi connectivity index (χ3v) is 2.47. The number of hydrogen-bond acceptors (Lipinski definition) is 3. The van der Waals surface area contributed by atoms with Gasteiger partial charge >= 0.3 is 12.0 Å². The standard InChI is InChI=1S/C11H13ClN2O4/c1-14(4-5-15)11(18)13-9-6-7(12)2-3-8(9)10(16)17/h2-3,6,15H,4-5H2,1H3,(H,13,18)(H,16,17). The number of carboxylic acid groups (broad SMARTS) is 1. The first-order valence-electron chi connectivity index (χ1n) is 5.11. The Kier molecular flexibility index (Phi) is 4.94. The van der Waals surface area contributed by atoms with Crippen molar-refractivity contribution in [3.8, 4) is 0 Å². The van der Waals surface area contributed by atoms with E-state index in [2.05, 4.69) is 5.32 Å². The van der Waals surface area contributed by atoms with Crippen molar-refractivity contribution in [1.82, 2.24) is 4.90 Å². The van der Waals surface area contributed by atoms with Crippen LogP contribution in [0.4, 0.5) is 10.5 Å². The fourth-order valence-electron chi connectivity index (χ4n) is 1.27. The fraction of sp³-hybridized carbons (Fsp3) is 0.273. The van der Waals surface area contributed by atoms with Crippen LogP contribution in [-0.4, -0.2) is 47.3 Å². The number of halogens is 1. The van der Waals surface area contributed by atoms with Gasteiger partial charge in [0, 0.05) is 18.6 Å². The number of anilines is 1. The number of hydrogen-bond donors (Lipinski definition) is 3. The lowest BCUT2D eigenvalue weighted by Gasteiger charge is -2.17. The lowest BCUT2D eigenvalue weighted by Crippen LogP contribution is -2.33. The average Bonchev–Trinajstić information content (AvgIpc) is 2.28. The van der Waals surface area contributed by atoms with E-state index in [0.717, 1.165) is 0 Å². The highest BCUT2D eigenvalue weighted by Gasteiger charge is 2.14. The number of carbonyl (C=O) groups is 2. The van der Waals surface area contributed by atoms with Crippen molar-refractivity contribution in [3.05, 3.63) is 28.8 Å². The molecule has 0 aliphatic carbocycles. The summed E-state index contributed by atoms with van der Waals surface area (Å²) in [6.45, 7) is -0.0277. The molecule has 0 heterocycles. The lowest BCUT2D eigenvalue weighted by atomic mass is 10.2. The van der Waals surface area contributed by atoms with Gasteiger partial charge in [0.15, 0.2) is 0 Å². The zero-order valence-corrected chi connectivity index (χ0v) is 10.4. The Bertz CT molecular complexity index is 464. The maximum Gasteiger partial charge on any atom is 0.337 e. The molecule has 0 saturated heterocycles. The van der Waals surface area contributed by atoms with Crippen LogP contribution in [-0.2, 0) is 0 Å². The summed E-state index contributed by atoms with van der Waals surface area (Å²) in [5, 5.41) is 20.4. The second-order valence-electron chi connectivity index (χ2n) is 3.57. The molecule has 0 spiro atoms. The molecule has 1 aromatic rings. The van der Waals surface area contributed by atoms with Crippen LogP contribution >= 0.6 is 11.6 Å². The maximum absolute atomic E-state index is 11.7. The van der Waals surface area contributed by atoms with Crippen LogP contribution in [0.2, 0.25) is 5.02 Å². The van der Waals surface area contributed by atoms with Crippen LogP contribution in [0.3, 0.4) is 0 Å². The number of likely N-dealkylation sites (N-methyl/N-ethyl adjacent to an activating group) is 1. The average molecular weight is 273 g/mol. The summed E-state index contributed by atoms with van der Waals surface area (Å²) in [6.07, 6.45) is 0. The van der Waals surface area contributed by atoms with Gasteiger partial charge in [0.2, 0.25) is 0 Å². The molecule has 6 nitrogen and oxygen atoms in total. The number of carboxylic acids is 1. The topological polar surface area (TPSA) is 89.9 Å². The summed E-state index contributed by atoms with van der Waals surface area (Å²) in [4.78, 5) is 23.8. The van der Waals surface area contributed by atoms with Crippen molar-refractivity contribution >= 4 is 29.3 Å². The van der Waals surface area contributed by atoms with Gasteiger partial charge in [-0.25, -0.2) is 9.59 Å². The van der Waals surface area contributed by atoms with Gasteiger partial charge < -0.3 is 20.4 Å². The lowest BCUT2D eigenvalue weighted by molar-refractivity contribution is 0.0698. The highest BCUT2D eigenvalue weighted by molar-refractivity contribution is 6.31. The van der Waals surface area contributed by atoms with Crippen molar-refractivity contribution in [1.29, 1.82) is 0 Å². The smallest absolute Gasteiger partial charge is 0.337 e. The Morgan fingerprint density at radius 1 is 1.44 bits per heavy atom. The molecule has 0 radical (unpaired) electrons. The van der Waals surface area contributed by atoms with Crippen molar-refractivity contribution in [2.45, 2.75) is 0 Å². The number of aliphatic hydroxyl groups excluding tert-OH is 1. The van der Waals surface area contributed by atoms with Crippen LogP contribution < -0.4 is 5.32 Å². The molecule has 0 fully saturated rings. The molecule has 98 valence electrons. The van der Waals surface area contributed by atoms with Gasteiger partial charge in [-0.2, -0.15) is 0 Å². The summed E-state index contributed by atoms with van der Waals surface area (Å²) in [6, 6.07) is 3.58. The largest absolute Gasteiger partial charge is 0.478 e. The number of benzene rings is 1. The molecular formula is C11H13ClN2O4. The van der Waals surface area contributed by atoms with Crippen molar-refractivity contribution in [2.75, 3.05) is 25.5 Å². The van der Waals surface area contributed by atoms with E-state index >= 15 is 0 Å². The first kappa shape index (κ1) is 14.3. The van der Waals surface area contributed by atoms with Crippen LogP contribution in [0.25, 0.3) is 0 Å². The molecule has 0 aliphatic heterocycles. The van der Waals surface area contributed by atoms with Crippen LogP contribution in [0, 0.1) is 0 Å². The summed E-state index contributed by atoms with van der Waals surface area (Å²) in [5.41, 5.74) is 0.0648. The first-order valence-corrected chi connectivity index (χ1v) is 5.49. The Morgan fingerprint density at radius 3 is 2.67 bits per heavy atom. The van der Waals surface area contributed by atoms with E-state index in [1.165, 1.54) is 30.1 Å². The van der Waals surface area contributed by atoms with E-state index in [0.29, 0.717) is 5.02 Å². The van der Waals surface area contributed by atoms with E-state index in [-0.39, 0.29) is 24.4 Å². The number of rotatable bonds is 4. The minimum atomic E-state index is -1.16. The third-order valence-electron chi connectivity index (χ3n) is 2.24. The van der Waals surface area contributed by atoms with Crippen LogP contribution in [0.5, 0.6) is 0 Å². The SMILES string of the molecule is CN(CCO)C(=O)Nc1cc(Cl)ccc1C(=O)O. The molecule has 0 bridgehead atoms. The van der Waals surface area contributed by atoms with Crippen molar-refractivity contribution < 1.29 is 19.8 Å². The Hall–Kier alpha value is -1.79. The van der Waals surface area contributed by atoms with Gasteiger partial charge in [-0.1, -0.05) is 11.6 Å². The maximum atomic E-state index is 11.7. The number of aromatic carboxylic acids is 1. The predicted octanol–water partition coefficient (Wildman–Crippen LogP) is 1.49. The third kappa shape index (κ3) is 3.61. The van der Waals surface area contributed by atoms with Crippen LogP contribution in [0.15, 0.2) is 18.2 Å². The van der Waals surface area contributed by atoms with E-state index in [1.807, 2.05) is 0 Å². The van der Waals surface area contributed by atoms with E-state index in [4.69, 9.17) is 21.8 Å². The molecule has 18 heavy (non-hydrogen) atoms. The highest BCUT2D eigenvalue weighted by atomic mass is 35.5. The molecular weight excluding hydrogens is 260 g/mol. The minimum absolute atomic E-state index is 0.0508. The Labute approximate surface area is 109 Å². The molecule has 0 aliphatic rings. The predicted molar refractivity (Wildman–Crippen MR) is 67.1 cm³/mol. The normalized spacial score (nSPS) is 9.94. The molecule has 0 atom stereocenters. The number of amides is 2. The van der Waals surface area contributed by atoms with Gasteiger partial charge in [-0.05, 0) is 18.2 Å². The first-order chi connectivity index (χ1) is 8.45. The monoisotopic (exact) mass is 272 g/mol. The van der Waals surface area contributed by atoms with Gasteiger partial charge in [0.25, 0.3) is 0 Å². The summed E-state index contributed by atoms with van der Waals surface area (Å²) in [7, 11) is 1.48. The Morgan fingerprint density at radius 2 is 2.11 bits per heavy atom. The molecule has 1 rings (SSSR count). The molecule has 0 aromatic heterocycles. The fourth-order valence-corrected chi connectivity index (χ4v) is 1.44. The molecule has 7 heteroatoms. The van der Waals surface area contributed by atoms with Gasteiger partial charge in [-0.15, -0.1) is 0 Å². The zero-order chi connectivity index (χ0) is 13.7. The Balaban J connectivity index is 2.92. The highest BCUT2D eigenvalue weighted by Crippen LogP contribution is 2.21. The zero-order valence-electron chi connectivity index (χ0n) is 9.68. The van der Waals surface area contributed by atoms with E-state index < -0.39 is 12.0 Å². The second kappa shape index (κ2) is 6.23. The minimum Gasteiger partial charge on any atom is -0.478 e. The van der Waals surface area contributed by atoms with Crippen molar-refractivity contribution in [2.24, 2.45) is 0 Å². The number of urea groups is 1. The quantitative estimate of drug-likeness (QED) is 0.775. The number of carbonyl (C=O) groups excluding carboxylic acids is 1.